The van der Waals surface area contributed by atoms with Gasteiger partial charge in [0.1, 0.15) is 5.69 Å². The molecule has 0 amide bonds. The van der Waals surface area contributed by atoms with Gasteiger partial charge in [0, 0.05) is 0 Å². The van der Waals surface area contributed by atoms with Crippen molar-refractivity contribution in [3.05, 3.63) is 33.8 Å². The van der Waals surface area contributed by atoms with Crippen molar-refractivity contribution in [1.29, 1.82) is 0 Å². The third kappa shape index (κ3) is 1.26. The molecule has 1 rings (SSSR count). The molecule has 0 radical (unpaired) electrons. The number of nitrogens with zero attached hydrogens (tertiary/aromatic N) is 2. The fourth-order valence-corrected chi connectivity index (χ4v) is 0.668. The predicted octanol–water partition coefficient (Wildman–Crippen LogP) is 2.62. The summed E-state index contributed by atoms with van der Waals surface area (Å²) < 4.78 is 12.5. The molecule has 0 bridgehead atoms. The van der Waals surface area contributed by atoms with E-state index in [4.69, 9.17) is 0 Å². The fourth-order valence-electron chi connectivity index (χ4n) is 0.668. The minimum absolute atomic E-state index is 0.278. The van der Waals surface area contributed by atoms with E-state index in [9.17, 15) is 14.2 Å². The highest BCUT2D eigenvalue weighted by Crippen LogP contribution is 2.29. The molecule has 0 N–H and O–H groups in total. The van der Waals surface area contributed by atoms with Crippen molar-refractivity contribution >= 4 is 11.4 Å². The number of rotatable bonds is 2. The Kier molecular flexibility index (Phi) is 2.00. The molecule has 0 spiro atoms. The molecule has 0 atom stereocenters. The van der Waals surface area contributed by atoms with Crippen molar-refractivity contribution in [2.45, 2.75) is 0 Å². The van der Waals surface area contributed by atoms with E-state index in [0.29, 0.717) is 0 Å². The van der Waals surface area contributed by atoms with E-state index in [1.165, 1.54) is 12.1 Å². The van der Waals surface area contributed by atoms with E-state index >= 15 is 0 Å². The van der Waals surface area contributed by atoms with Crippen LogP contribution in [-0.4, -0.2) is 0 Å². The van der Waals surface area contributed by atoms with Gasteiger partial charge in [0.05, 0.1) is 0 Å². The molecule has 56 valence electrons. The first-order valence-electron chi connectivity index (χ1n) is 2.75. The molecule has 0 aliphatic carbocycles. The minimum Gasteiger partial charge on any atom is -0.204 e. The number of hydrogen-bond donors (Lipinski definition) is 0. The Morgan fingerprint density at radius 3 is 2.36 bits per heavy atom. The lowest BCUT2D eigenvalue weighted by Crippen LogP contribution is -1.73. The van der Waals surface area contributed by atoms with Crippen LogP contribution in [0.15, 0.2) is 28.6 Å². The van der Waals surface area contributed by atoms with E-state index in [1.54, 1.807) is 0 Å². The van der Waals surface area contributed by atoms with Crippen LogP contribution in [0.4, 0.5) is 15.8 Å². The van der Waals surface area contributed by atoms with Gasteiger partial charge in [-0.05, 0) is 22.5 Å². The predicted molar refractivity (Wildman–Crippen MR) is 37.3 cm³/mol. The summed E-state index contributed by atoms with van der Waals surface area (Å²) in [5, 5.41) is 4.74. The molecule has 0 unspecified atom stereocenters. The van der Waals surface area contributed by atoms with Crippen molar-refractivity contribution in [2.75, 3.05) is 0 Å². The van der Waals surface area contributed by atoms with Crippen LogP contribution in [0.25, 0.3) is 0 Å². The first-order valence-corrected chi connectivity index (χ1v) is 2.75. The molecular formula is C6H3FN2O2. The Morgan fingerprint density at radius 1 is 1.18 bits per heavy atom. The molecule has 0 heterocycles. The molecule has 1 aromatic rings. The van der Waals surface area contributed by atoms with Gasteiger partial charge in [-0.15, -0.1) is 9.81 Å². The summed E-state index contributed by atoms with van der Waals surface area (Å²) in [6.07, 6.45) is 0. The molecule has 0 fully saturated rings. The Labute approximate surface area is 61.0 Å². The molecule has 0 aliphatic rings. The average Bonchev–Trinajstić information content (AvgIpc) is 2.04. The lowest BCUT2D eigenvalue weighted by atomic mass is 10.3. The maximum Gasteiger partial charge on any atom is 0.172 e. The van der Waals surface area contributed by atoms with Crippen LogP contribution < -0.4 is 0 Å². The molecular weight excluding hydrogens is 151 g/mol. The molecule has 0 saturated carbocycles. The molecule has 1 aromatic carbocycles. The van der Waals surface area contributed by atoms with Gasteiger partial charge < -0.3 is 0 Å². The molecule has 4 nitrogen and oxygen atoms in total. The monoisotopic (exact) mass is 154 g/mol. The normalized spacial score (nSPS) is 9.18. The highest BCUT2D eigenvalue weighted by Gasteiger charge is 2.07. The van der Waals surface area contributed by atoms with Gasteiger partial charge in [-0.1, -0.05) is 6.07 Å². The van der Waals surface area contributed by atoms with Gasteiger partial charge >= 0.3 is 0 Å². The van der Waals surface area contributed by atoms with Crippen LogP contribution in [0.1, 0.15) is 0 Å². The fraction of sp³-hybridized carbons (Fsp3) is 0. The smallest absolute Gasteiger partial charge is 0.172 e. The highest BCUT2D eigenvalue weighted by molar-refractivity contribution is 5.61. The van der Waals surface area contributed by atoms with Gasteiger partial charge in [-0.2, -0.15) is 0 Å². The Hall–Kier alpha value is -1.65. The van der Waals surface area contributed by atoms with Crippen LogP contribution in [0, 0.1) is 15.6 Å². The van der Waals surface area contributed by atoms with Crippen molar-refractivity contribution in [3.63, 3.8) is 0 Å². The van der Waals surface area contributed by atoms with Crippen LogP contribution in [0.3, 0.4) is 0 Å². The van der Waals surface area contributed by atoms with E-state index < -0.39 is 11.5 Å². The van der Waals surface area contributed by atoms with Crippen LogP contribution in [-0.2, 0) is 0 Å². The topological polar surface area (TPSA) is 58.9 Å². The highest BCUT2D eigenvalue weighted by atomic mass is 19.1. The molecule has 0 saturated heterocycles. The van der Waals surface area contributed by atoms with Crippen molar-refractivity contribution in [2.24, 2.45) is 10.4 Å². The lowest BCUT2D eigenvalue weighted by molar-refractivity contribution is 0.630. The van der Waals surface area contributed by atoms with Crippen LogP contribution >= 0.6 is 0 Å². The maximum atomic E-state index is 12.5. The van der Waals surface area contributed by atoms with Crippen molar-refractivity contribution in [3.8, 4) is 0 Å². The molecule has 11 heavy (non-hydrogen) atoms. The average molecular weight is 154 g/mol. The standard InChI is InChI=1S/C6H3FN2O2/c7-4-2-1-3-5(8-10)6(4)9-11/h1-3H. The van der Waals surface area contributed by atoms with Crippen molar-refractivity contribution < 1.29 is 4.39 Å². The zero-order valence-corrected chi connectivity index (χ0v) is 5.32. The third-order valence-electron chi connectivity index (χ3n) is 1.16. The van der Waals surface area contributed by atoms with E-state index in [2.05, 4.69) is 10.4 Å². The Bertz CT molecular complexity index is 301. The SMILES string of the molecule is O=Nc1cccc(F)c1N=O. The Balaban J connectivity index is 3.35. The van der Waals surface area contributed by atoms with Crippen molar-refractivity contribution in [1.82, 2.24) is 0 Å². The second-order valence-electron chi connectivity index (χ2n) is 1.79. The summed E-state index contributed by atoms with van der Waals surface area (Å²) >= 11 is 0. The quantitative estimate of drug-likeness (QED) is 0.614. The summed E-state index contributed by atoms with van der Waals surface area (Å²) in [6, 6.07) is 3.53. The number of benzene rings is 1. The second kappa shape index (κ2) is 2.96. The lowest BCUT2D eigenvalue weighted by Gasteiger charge is -1.92. The first kappa shape index (κ1) is 7.46. The first-order chi connectivity index (χ1) is 5.29. The van der Waals surface area contributed by atoms with E-state index in [0.717, 1.165) is 6.07 Å². The Morgan fingerprint density at radius 2 is 1.91 bits per heavy atom. The zero-order valence-electron chi connectivity index (χ0n) is 5.32. The maximum absolute atomic E-state index is 12.5. The number of nitroso groups, excluding NO2 is 2. The van der Waals surface area contributed by atoms with Gasteiger partial charge in [0.15, 0.2) is 11.5 Å². The summed E-state index contributed by atoms with van der Waals surface area (Å²) in [4.78, 5) is 19.8. The largest absolute Gasteiger partial charge is 0.204 e. The molecule has 0 aromatic heterocycles. The van der Waals surface area contributed by atoms with Gasteiger partial charge in [-0.25, -0.2) is 4.39 Å². The van der Waals surface area contributed by atoms with Gasteiger partial charge in [0.2, 0.25) is 0 Å². The third-order valence-corrected chi connectivity index (χ3v) is 1.16. The van der Waals surface area contributed by atoms with Gasteiger partial charge in [0.25, 0.3) is 0 Å². The zero-order chi connectivity index (χ0) is 8.27. The number of hydrogen-bond acceptors (Lipinski definition) is 4. The summed E-state index contributed by atoms with van der Waals surface area (Å²) in [6.45, 7) is 0. The van der Waals surface area contributed by atoms with E-state index in [-0.39, 0.29) is 5.69 Å². The summed E-state index contributed by atoms with van der Waals surface area (Å²) in [5.41, 5.74) is -0.817. The second-order valence-corrected chi connectivity index (χ2v) is 1.79. The molecule has 5 heteroatoms. The van der Waals surface area contributed by atoms with Gasteiger partial charge in [-0.3, -0.25) is 0 Å². The number of halogens is 1. The van der Waals surface area contributed by atoms with E-state index in [1.807, 2.05) is 0 Å². The summed E-state index contributed by atoms with van der Waals surface area (Å²) in [5.74, 6) is -0.836. The van der Waals surface area contributed by atoms with Crippen LogP contribution in [0.2, 0.25) is 0 Å². The minimum atomic E-state index is -0.836. The molecule has 0 aliphatic heterocycles. The summed E-state index contributed by atoms with van der Waals surface area (Å²) in [7, 11) is 0. The van der Waals surface area contributed by atoms with Crippen LogP contribution in [0.5, 0.6) is 0 Å².